The van der Waals surface area contributed by atoms with Crippen LogP contribution in [0.25, 0.3) is 10.8 Å². The van der Waals surface area contributed by atoms with Crippen LogP contribution < -0.4 is 0 Å². The molecule has 0 unspecified atom stereocenters. The maximum Gasteiger partial charge on any atom is 0.267 e. The lowest BCUT2D eigenvalue weighted by Gasteiger charge is -2.41. The van der Waals surface area contributed by atoms with Crippen LogP contribution in [0.4, 0.5) is 8.78 Å². The third-order valence-corrected chi connectivity index (χ3v) is 4.38. The third kappa shape index (κ3) is 4.17. The summed E-state index contributed by atoms with van der Waals surface area (Å²) in [5.74, 6) is 0. The Hall–Kier alpha value is -1.56. The van der Waals surface area contributed by atoms with E-state index in [1.54, 1.807) is 0 Å². The van der Waals surface area contributed by atoms with E-state index in [1.165, 1.54) is 0 Å². The second kappa shape index (κ2) is 6.98. The fraction of sp³-hybridized carbons (Fsp3) is 0.500. The molecular weight excluding hydrogens is 326 g/mol. The monoisotopic (exact) mass is 350 g/mol. The summed E-state index contributed by atoms with van der Waals surface area (Å²) in [5.41, 5.74) is 0.280. The molecule has 0 radical (unpaired) electrons. The molecule has 25 heavy (non-hydrogen) atoms. The van der Waals surface area contributed by atoms with Gasteiger partial charge in [-0.05, 0) is 43.2 Å². The number of halogens is 2. The van der Waals surface area contributed by atoms with Crippen molar-refractivity contribution in [3.8, 4) is 0 Å². The Morgan fingerprint density at radius 3 is 2.44 bits per heavy atom. The Balaban J connectivity index is 1.90. The smallest absolute Gasteiger partial charge is 0.267 e. The summed E-state index contributed by atoms with van der Waals surface area (Å²) < 4.78 is 38.2. The topological polar surface area (TPSA) is 38.7 Å². The van der Waals surface area contributed by atoms with Crippen LogP contribution >= 0.6 is 0 Å². The molecular formula is C20H24F2O3. The zero-order valence-corrected chi connectivity index (χ0v) is 14.7. The molecule has 4 atom stereocenters. The highest BCUT2D eigenvalue weighted by Crippen LogP contribution is 2.37. The van der Waals surface area contributed by atoms with Gasteiger partial charge in [-0.3, -0.25) is 0 Å². The fourth-order valence-electron chi connectivity index (χ4n) is 3.29. The highest BCUT2D eigenvalue weighted by Gasteiger charge is 2.44. The van der Waals surface area contributed by atoms with Gasteiger partial charge in [0.15, 0.2) is 0 Å². The summed E-state index contributed by atoms with van der Waals surface area (Å²) in [4.78, 5) is 0. The van der Waals surface area contributed by atoms with Crippen LogP contribution in [-0.2, 0) is 9.47 Å². The Labute approximate surface area is 146 Å². The molecule has 3 rings (SSSR count). The minimum absolute atomic E-state index is 0.333. The molecule has 2 aromatic rings. The summed E-state index contributed by atoms with van der Waals surface area (Å²) in [5, 5.41) is 12.4. The first kappa shape index (κ1) is 18.2. The molecule has 5 heteroatoms. The quantitative estimate of drug-likeness (QED) is 0.887. The molecule has 0 aromatic heterocycles. The number of rotatable bonds is 3. The average molecular weight is 350 g/mol. The highest BCUT2D eigenvalue weighted by molar-refractivity contribution is 5.83. The molecule has 1 N–H and O–H groups in total. The first-order chi connectivity index (χ1) is 11.7. The Morgan fingerprint density at radius 2 is 1.80 bits per heavy atom. The number of alkyl halides is 2. The number of aliphatic hydroxyl groups is 1. The van der Waals surface area contributed by atoms with Gasteiger partial charge in [-0.2, -0.15) is 0 Å². The zero-order valence-electron chi connectivity index (χ0n) is 14.7. The first-order valence-corrected chi connectivity index (χ1v) is 8.53. The second-order valence-corrected chi connectivity index (χ2v) is 7.53. The molecule has 1 fully saturated rings. The molecule has 1 saturated heterocycles. The van der Waals surface area contributed by atoms with Gasteiger partial charge in [0.05, 0.1) is 17.8 Å². The molecule has 1 heterocycles. The Bertz CT molecular complexity index is 726. The van der Waals surface area contributed by atoms with Crippen molar-refractivity contribution >= 4 is 10.8 Å². The number of aliphatic hydroxyl groups excluding tert-OH is 1. The predicted molar refractivity (Wildman–Crippen MR) is 92.8 cm³/mol. The van der Waals surface area contributed by atoms with Crippen molar-refractivity contribution in [1.82, 2.24) is 0 Å². The van der Waals surface area contributed by atoms with Gasteiger partial charge in [-0.1, -0.05) is 36.4 Å². The van der Waals surface area contributed by atoms with E-state index in [9.17, 15) is 13.9 Å². The largest absolute Gasteiger partial charge is 0.387 e. The van der Waals surface area contributed by atoms with Gasteiger partial charge in [0.2, 0.25) is 0 Å². The van der Waals surface area contributed by atoms with Crippen molar-refractivity contribution in [3.63, 3.8) is 0 Å². The SMILES string of the molecule is CC(C)(C)O[C@@H]1C[C@H](c2ccc3ccccc3c2)O[C@H](C(F)F)[C@H]1O. The van der Waals surface area contributed by atoms with Crippen molar-refractivity contribution in [1.29, 1.82) is 0 Å². The van der Waals surface area contributed by atoms with Gasteiger partial charge in [0.25, 0.3) is 6.43 Å². The van der Waals surface area contributed by atoms with Crippen LogP contribution in [0.1, 0.15) is 38.9 Å². The molecule has 1 aliphatic rings. The van der Waals surface area contributed by atoms with Crippen LogP contribution in [0.15, 0.2) is 42.5 Å². The number of hydrogen-bond donors (Lipinski definition) is 1. The molecule has 0 amide bonds. The van der Waals surface area contributed by atoms with Crippen molar-refractivity contribution in [3.05, 3.63) is 48.0 Å². The molecule has 0 aliphatic carbocycles. The van der Waals surface area contributed by atoms with Gasteiger partial charge in [0, 0.05) is 6.42 Å². The van der Waals surface area contributed by atoms with Crippen molar-refractivity contribution in [2.24, 2.45) is 0 Å². The van der Waals surface area contributed by atoms with Crippen LogP contribution in [0.5, 0.6) is 0 Å². The van der Waals surface area contributed by atoms with Gasteiger partial charge >= 0.3 is 0 Å². The fourth-order valence-corrected chi connectivity index (χ4v) is 3.29. The summed E-state index contributed by atoms with van der Waals surface area (Å²) in [6, 6.07) is 13.7. The lowest BCUT2D eigenvalue weighted by molar-refractivity contribution is -0.237. The van der Waals surface area contributed by atoms with Gasteiger partial charge in [-0.25, -0.2) is 8.78 Å². The number of ether oxygens (including phenoxy) is 2. The molecule has 136 valence electrons. The van der Waals surface area contributed by atoms with E-state index in [1.807, 2.05) is 63.2 Å². The van der Waals surface area contributed by atoms with Gasteiger partial charge in [-0.15, -0.1) is 0 Å². The zero-order chi connectivity index (χ0) is 18.2. The maximum atomic E-state index is 13.4. The van der Waals surface area contributed by atoms with Crippen molar-refractivity contribution in [2.75, 3.05) is 0 Å². The summed E-state index contributed by atoms with van der Waals surface area (Å²) in [6.07, 6.45) is -6.60. The number of fused-ring (bicyclic) bond motifs is 1. The predicted octanol–water partition coefficient (Wildman–Crippen LogP) is 4.48. The van der Waals surface area contributed by atoms with Gasteiger partial charge in [0.1, 0.15) is 12.2 Å². The standard InChI is InChI=1S/C20H24F2O3/c1-20(2,3)25-16-11-15(24-18(17(16)23)19(21)22)14-9-8-12-6-4-5-7-13(12)10-14/h4-10,15-19,23H,11H2,1-3H3/t15-,16-,17+,18+/m1/s1. The van der Waals surface area contributed by atoms with E-state index in [4.69, 9.17) is 9.47 Å². The first-order valence-electron chi connectivity index (χ1n) is 8.53. The van der Waals surface area contributed by atoms with E-state index in [0.717, 1.165) is 16.3 Å². The van der Waals surface area contributed by atoms with Crippen LogP contribution in [-0.4, -0.2) is 35.4 Å². The van der Waals surface area contributed by atoms with E-state index in [2.05, 4.69) is 0 Å². The minimum Gasteiger partial charge on any atom is -0.387 e. The minimum atomic E-state index is -2.77. The molecule has 2 aromatic carbocycles. The van der Waals surface area contributed by atoms with E-state index < -0.39 is 36.4 Å². The molecule has 3 nitrogen and oxygen atoms in total. The van der Waals surface area contributed by atoms with E-state index in [0.29, 0.717) is 6.42 Å². The van der Waals surface area contributed by atoms with Gasteiger partial charge < -0.3 is 14.6 Å². The average Bonchev–Trinajstić information content (AvgIpc) is 2.54. The van der Waals surface area contributed by atoms with Crippen molar-refractivity contribution < 1.29 is 23.4 Å². The summed E-state index contributed by atoms with van der Waals surface area (Å²) >= 11 is 0. The summed E-state index contributed by atoms with van der Waals surface area (Å²) in [7, 11) is 0. The molecule has 0 spiro atoms. The summed E-state index contributed by atoms with van der Waals surface area (Å²) in [6.45, 7) is 5.53. The lowest BCUT2D eigenvalue weighted by Crippen LogP contribution is -2.51. The molecule has 0 bridgehead atoms. The lowest BCUT2D eigenvalue weighted by atomic mass is 9.92. The third-order valence-electron chi connectivity index (χ3n) is 4.38. The number of hydrogen-bond acceptors (Lipinski definition) is 3. The molecule has 0 saturated carbocycles. The molecule has 1 aliphatic heterocycles. The van der Waals surface area contributed by atoms with Crippen molar-refractivity contribution in [2.45, 2.75) is 63.6 Å². The van der Waals surface area contributed by atoms with E-state index in [-0.39, 0.29) is 0 Å². The van der Waals surface area contributed by atoms with Crippen LogP contribution in [0.3, 0.4) is 0 Å². The number of benzene rings is 2. The second-order valence-electron chi connectivity index (χ2n) is 7.53. The van der Waals surface area contributed by atoms with Crippen LogP contribution in [0.2, 0.25) is 0 Å². The maximum absolute atomic E-state index is 13.4. The normalized spacial score (nSPS) is 27.8. The van der Waals surface area contributed by atoms with E-state index >= 15 is 0 Å². The Kier molecular flexibility index (Phi) is 5.09. The highest BCUT2D eigenvalue weighted by atomic mass is 19.3. The van der Waals surface area contributed by atoms with Crippen LogP contribution in [0, 0.1) is 0 Å². The Morgan fingerprint density at radius 1 is 1.12 bits per heavy atom.